The predicted molar refractivity (Wildman–Crippen MR) is 131 cm³/mol. The average molecular weight is 523 g/mol. The first kappa shape index (κ1) is 22.4. The van der Waals surface area contributed by atoms with Crippen LogP contribution in [-0.4, -0.2) is 31.6 Å². The van der Waals surface area contributed by atoms with Crippen LogP contribution in [0.4, 0.5) is 11.4 Å². The molecule has 8 heteroatoms. The molecule has 2 heterocycles. The van der Waals surface area contributed by atoms with Gasteiger partial charge in [0.15, 0.2) is 6.10 Å². The number of hydrogen-bond acceptors (Lipinski definition) is 6. The molecule has 34 heavy (non-hydrogen) atoms. The van der Waals surface area contributed by atoms with Gasteiger partial charge in [-0.05, 0) is 76.9 Å². The van der Waals surface area contributed by atoms with E-state index in [1.165, 1.54) is 4.90 Å². The third-order valence-corrected chi connectivity index (χ3v) is 6.67. The number of amides is 2. The molecule has 0 unspecified atom stereocenters. The van der Waals surface area contributed by atoms with Gasteiger partial charge in [0, 0.05) is 0 Å². The minimum atomic E-state index is -0.926. The predicted octanol–water partition coefficient (Wildman–Crippen LogP) is 4.91. The molecule has 3 aromatic carbocycles. The normalized spacial score (nSPS) is 21.7. The lowest BCUT2D eigenvalue weighted by atomic mass is 9.90. The number of carbonyl (C=O) groups is 2. The molecule has 3 atom stereocenters. The zero-order chi connectivity index (χ0) is 23.8. The zero-order valence-electron chi connectivity index (χ0n) is 18.7. The molecule has 3 aromatic rings. The monoisotopic (exact) mass is 522 g/mol. The minimum absolute atomic E-state index is 0.297. The Morgan fingerprint density at radius 2 is 1.68 bits per heavy atom. The Morgan fingerprint density at radius 3 is 2.32 bits per heavy atom. The second-order valence-electron chi connectivity index (χ2n) is 7.99. The van der Waals surface area contributed by atoms with E-state index in [-0.39, 0.29) is 11.8 Å². The first-order valence-corrected chi connectivity index (χ1v) is 11.8. The van der Waals surface area contributed by atoms with Gasteiger partial charge in [-0.2, -0.15) is 0 Å². The van der Waals surface area contributed by atoms with E-state index in [1.807, 2.05) is 55.5 Å². The maximum absolute atomic E-state index is 13.7. The molecule has 7 nitrogen and oxygen atoms in total. The van der Waals surface area contributed by atoms with Crippen LogP contribution >= 0.6 is 15.9 Å². The topological polar surface area (TPSA) is 68.3 Å². The van der Waals surface area contributed by atoms with Gasteiger partial charge in [0.2, 0.25) is 5.91 Å². The molecule has 174 valence electrons. The van der Waals surface area contributed by atoms with Gasteiger partial charge in [-0.15, -0.1) is 0 Å². The minimum Gasteiger partial charge on any atom is -0.496 e. The highest BCUT2D eigenvalue weighted by atomic mass is 79.9. The second kappa shape index (κ2) is 9.12. The Labute approximate surface area is 205 Å². The Hall–Kier alpha value is -3.36. The van der Waals surface area contributed by atoms with Crippen LogP contribution in [0.2, 0.25) is 0 Å². The van der Waals surface area contributed by atoms with Gasteiger partial charge >= 0.3 is 0 Å². The standard InChI is InChI=1S/C26H23BrN2O5/c1-3-33-19-12-10-17(11-13-19)28-25(30)22-23(16-9-14-21(32-2)20(27)15-16)29(34-24(22)26(28)31)18-7-5-4-6-8-18/h4-15,22-24H,3H2,1-2H3/t22-,23-,24-/m0/s1. The molecule has 2 amide bonds. The summed E-state index contributed by atoms with van der Waals surface area (Å²) in [7, 11) is 1.60. The number of imide groups is 1. The molecule has 0 spiro atoms. The van der Waals surface area contributed by atoms with Crippen LogP contribution in [0.1, 0.15) is 18.5 Å². The Morgan fingerprint density at radius 1 is 0.941 bits per heavy atom. The van der Waals surface area contributed by atoms with Crippen molar-refractivity contribution in [2.45, 2.75) is 19.1 Å². The van der Waals surface area contributed by atoms with Crippen LogP contribution in [0, 0.1) is 5.92 Å². The molecule has 0 aromatic heterocycles. The molecule has 2 aliphatic rings. The lowest BCUT2D eigenvalue weighted by molar-refractivity contribution is -0.126. The number of methoxy groups -OCH3 is 1. The number of fused-ring (bicyclic) bond motifs is 1. The number of hydrogen-bond donors (Lipinski definition) is 0. The number of ether oxygens (including phenoxy) is 2. The Balaban J connectivity index is 1.54. The van der Waals surface area contributed by atoms with Crippen LogP contribution < -0.4 is 19.4 Å². The largest absolute Gasteiger partial charge is 0.496 e. The molecule has 0 saturated carbocycles. The van der Waals surface area contributed by atoms with Crippen molar-refractivity contribution >= 4 is 39.1 Å². The maximum Gasteiger partial charge on any atom is 0.266 e. The quantitative estimate of drug-likeness (QED) is 0.428. The van der Waals surface area contributed by atoms with Crippen molar-refractivity contribution in [2.75, 3.05) is 23.7 Å². The van der Waals surface area contributed by atoms with E-state index in [4.69, 9.17) is 14.3 Å². The first-order chi connectivity index (χ1) is 16.5. The molecular formula is C26H23BrN2O5. The Bertz CT molecular complexity index is 1220. The van der Waals surface area contributed by atoms with Crippen LogP contribution in [0.15, 0.2) is 77.3 Å². The van der Waals surface area contributed by atoms with E-state index < -0.39 is 18.1 Å². The summed E-state index contributed by atoms with van der Waals surface area (Å²) in [6.45, 7) is 2.43. The number of benzene rings is 3. The maximum atomic E-state index is 13.7. The summed E-state index contributed by atoms with van der Waals surface area (Å²) in [5, 5.41) is 1.68. The fourth-order valence-corrected chi connectivity index (χ4v) is 5.09. The average Bonchev–Trinajstić information content (AvgIpc) is 3.36. The van der Waals surface area contributed by atoms with Crippen molar-refractivity contribution in [3.63, 3.8) is 0 Å². The highest BCUT2D eigenvalue weighted by molar-refractivity contribution is 9.10. The van der Waals surface area contributed by atoms with Crippen LogP contribution in [0.5, 0.6) is 11.5 Å². The molecule has 2 aliphatic heterocycles. The van der Waals surface area contributed by atoms with Crippen LogP contribution in [-0.2, 0) is 14.4 Å². The number of carbonyl (C=O) groups excluding carboxylic acids is 2. The molecule has 5 rings (SSSR count). The van der Waals surface area contributed by atoms with Crippen molar-refractivity contribution < 1.29 is 23.9 Å². The number of anilines is 2. The van der Waals surface area contributed by atoms with Gasteiger partial charge in [-0.1, -0.05) is 24.3 Å². The summed E-state index contributed by atoms with van der Waals surface area (Å²) in [5.41, 5.74) is 2.10. The summed E-state index contributed by atoms with van der Waals surface area (Å²) in [6.07, 6.45) is -0.926. The van der Waals surface area contributed by atoms with Crippen LogP contribution in [0.25, 0.3) is 0 Å². The van der Waals surface area contributed by atoms with E-state index >= 15 is 0 Å². The zero-order valence-corrected chi connectivity index (χ0v) is 20.3. The van der Waals surface area contributed by atoms with Gasteiger partial charge in [0.05, 0.1) is 35.6 Å². The number of nitrogens with zero attached hydrogens (tertiary/aromatic N) is 2. The number of rotatable bonds is 6. The fourth-order valence-electron chi connectivity index (χ4n) is 4.53. The van der Waals surface area contributed by atoms with Gasteiger partial charge in [0.1, 0.15) is 17.4 Å². The van der Waals surface area contributed by atoms with Crippen molar-refractivity contribution in [2.24, 2.45) is 5.92 Å². The lowest BCUT2D eigenvalue weighted by Gasteiger charge is -2.29. The van der Waals surface area contributed by atoms with E-state index in [2.05, 4.69) is 15.9 Å². The summed E-state index contributed by atoms with van der Waals surface area (Å²) in [4.78, 5) is 34.5. The molecule has 0 radical (unpaired) electrons. The summed E-state index contributed by atoms with van der Waals surface area (Å²) in [5.74, 6) is -0.0300. The van der Waals surface area contributed by atoms with Crippen molar-refractivity contribution in [3.8, 4) is 11.5 Å². The van der Waals surface area contributed by atoms with Crippen LogP contribution in [0.3, 0.4) is 0 Å². The van der Waals surface area contributed by atoms with Gasteiger partial charge in [0.25, 0.3) is 5.91 Å². The highest BCUT2D eigenvalue weighted by Crippen LogP contribution is 2.48. The van der Waals surface area contributed by atoms with E-state index in [0.717, 1.165) is 15.7 Å². The van der Waals surface area contributed by atoms with E-state index in [9.17, 15) is 9.59 Å². The number of halogens is 1. The smallest absolute Gasteiger partial charge is 0.266 e. The SMILES string of the molecule is CCOc1ccc(N2C(=O)[C@@H]3[C@H](ON(c4ccccc4)[C@H]3c3ccc(OC)c(Br)c3)C2=O)cc1. The molecule has 2 saturated heterocycles. The molecule has 0 bridgehead atoms. The third kappa shape index (κ3) is 3.73. The molecule has 2 fully saturated rings. The van der Waals surface area contributed by atoms with Gasteiger partial charge in [-0.3, -0.25) is 14.4 Å². The third-order valence-electron chi connectivity index (χ3n) is 6.05. The van der Waals surface area contributed by atoms with Gasteiger partial charge in [-0.25, -0.2) is 9.96 Å². The van der Waals surface area contributed by atoms with Crippen molar-refractivity contribution in [3.05, 3.63) is 82.8 Å². The molecule has 0 aliphatic carbocycles. The molecular weight excluding hydrogens is 500 g/mol. The van der Waals surface area contributed by atoms with Gasteiger partial charge < -0.3 is 9.47 Å². The second-order valence-corrected chi connectivity index (χ2v) is 8.85. The number of para-hydroxylation sites is 1. The summed E-state index contributed by atoms with van der Waals surface area (Å²) in [6, 6.07) is 21.6. The summed E-state index contributed by atoms with van der Waals surface area (Å²) >= 11 is 3.54. The highest BCUT2D eigenvalue weighted by Gasteiger charge is 2.60. The van der Waals surface area contributed by atoms with E-state index in [1.54, 1.807) is 36.4 Å². The Kier molecular flexibility index (Phi) is 6.02. The first-order valence-electron chi connectivity index (χ1n) is 11.0. The van der Waals surface area contributed by atoms with E-state index in [0.29, 0.717) is 23.8 Å². The number of hydroxylamine groups is 1. The van der Waals surface area contributed by atoms with Crippen molar-refractivity contribution in [1.29, 1.82) is 0 Å². The molecule has 0 N–H and O–H groups in total. The van der Waals surface area contributed by atoms with Crippen molar-refractivity contribution in [1.82, 2.24) is 0 Å². The fraction of sp³-hybridized carbons (Fsp3) is 0.231. The lowest BCUT2D eigenvalue weighted by Crippen LogP contribution is -2.37. The summed E-state index contributed by atoms with van der Waals surface area (Å²) < 4.78 is 11.6.